The Labute approximate surface area is 122 Å². The van der Waals surface area contributed by atoms with Crippen LogP contribution in [0.2, 0.25) is 0 Å². The molecule has 1 rings (SSSR count). The lowest BCUT2D eigenvalue weighted by Gasteiger charge is -2.31. The van der Waals surface area contributed by atoms with Crippen molar-refractivity contribution in [3.05, 3.63) is 29.3 Å². The summed E-state index contributed by atoms with van der Waals surface area (Å²) in [5, 5.41) is 9.23. The molecule has 0 spiro atoms. The Bertz CT molecular complexity index is 450. The second kappa shape index (κ2) is 6.65. The first-order chi connectivity index (χ1) is 8.63. The minimum atomic E-state index is -4.52. The molecule has 0 amide bonds. The summed E-state index contributed by atoms with van der Waals surface area (Å²) in [6, 6.07) is 2.71. The molecule has 0 radical (unpaired) electrons. The third-order valence-corrected chi connectivity index (χ3v) is 3.15. The lowest BCUT2D eigenvalue weighted by Crippen LogP contribution is -2.34. The van der Waals surface area contributed by atoms with Crippen LogP contribution in [0, 0.1) is 5.41 Å². The number of hydrogen-bond acceptors (Lipinski definition) is 3. The molecule has 0 saturated heterocycles. The summed E-state index contributed by atoms with van der Waals surface area (Å²) in [6.45, 7) is 2.92. The molecule has 0 aliphatic carbocycles. The number of methoxy groups -OCH3 is 1. The van der Waals surface area contributed by atoms with E-state index in [1.165, 1.54) is 19.2 Å². The number of hydrogen-bond donors (Lipinski definition) is 2. The van der Waals surface area contributed by atoms with Crippen LogP contribution in [0.3, 0.4) is 0 Å². The predicted molar refractivity (Wildman–Crippen MR) is 73.0 cm³/mol. The molecule has 0 unspecified atom stereocenters. The topological polar surface area (TPSA) is 55.5 Å². The number of halogens is 4. The van der Waals surface area contributed by atoms with Gasteiger partial charge in [-0.2, -0.15) is 13.2 Å². The summed E-state index contributed by atoms with van der Waals surface area (Å²) in [5.74, 6) is 0.116. The van der Waals surface area contributed by atoms with Crippen molar-refractivity contribution in [2.75, 3.05) is 13.7 Å². The minimum Gasteiger partial charge on any atom is -0.497 e. The van der Waals surface area contributed by atoms with Crippen LogP contribution in [0.4, 0.5) is 13.2 Å². The Balaban J connectivity index is 0.00000361. The molecule has 0 fully saturated rings. The van der Waals surface area contributed by atoms with Crippen molar-refractivity contribution in [1.82, 2.24) is 0 Å². The summed E-state index contributed by atoms with van der Waals surface area (Å²) in [4.78, 5) is 0. The lowest BCUT2D eigenvalue weighted by atomic mass is 9.80. The fourth-order valence-electron chi connectivity index (χ4n) is 1.70. The standard InChI is InChI=1S/C13H18F3NO2.ClH/c1-12(2,7-18)11(17)9-5-4-8(19-3)6-10(9)13(14,15)16;/h4-6,11,18H,7,17H2,1-3H3;1H/t11-;/m0./s1. The molecule has 3 N–H and O–H groups in total. The number of alkyl halides is 3. The summed E-state index contributed by atoms with van der Waals surface area (Å²) >= 11 is 0. The highest BCUT2D eigenvalue weighted by atomic mass is 35.5. The fraction of sp³-hybridized carbons (Fsp3) is 0.538. The summed E-state index contributed by atoms with van der Waals surface area (Å²) in [5.41, 5.74) is 4.14. The van der Waals surface area contributed by atoms with Gasteiger partial charge in [0.25, 0.3) is 0 Å². The van der Waals surface area contributed by atoms with Gasteiger partial charge in [0, 0.05) is 18.1 Å². The summed E-state index contributed by atoms with van der Waals surface area (Å²) < 4.78 is 43.9. The number of benzene rings is 1. The van der Waals surface area contributed by atoms with Gasteiger partial charge < -0.3 is 15.6 Å². The van der Waals surface area contributed by atoms with Crippen molar-refractivity contribution >= 4 is 12.4 Å². The number of aliphatic hydroxyl groups is 1. The van der Waals surface area contributed by atoms with Gasteiger partial charge in [-0.15, -0.1) is 12.4 Å². The molecule has 116 valence electrons. The Morgan fingerprint density at radius 1 is 1.30 bits per heavy atom. The third kappa shape index (κ3) is 4.01. The van der Waals surface area contributed by atoms with E-state index < -0.39 is 23.2 Å². The van der Waals surface area contributed by atoms with E-state index in [2.05, 4.69) is 0 Å². The minimum absolute atomic E-state index is 0. The second-order valence-corrected chi connectivity index (χ2v) is 5.08. The highest BCUT2D eigenvalue weighted by Crippen LogP contribution is 2.40. The molecule has 3 nitrogen and oxygen atoms in total. The Hall–Kier alpha value is -0.980. The van der Waals surface area contributed by atoms with E-state index in [1.54, 1.807) is 13.8 Å². The molecule has 1 atom stereocenters. The Morgan fingerprint density at radius 3 is 2.25 bits per heavy atom. The molecule has 0 saturated carbocycles. The van der Waals surface area contributed by atoms with Gasteiger partial charge in [-0.1, -0.05) is 19.9 Å². The van der Waals surface area contributed by atoms with E-state index >= 15 is 0 Å². The summed E-state index contributed by atoms with van der Waals surface area (Å²) in [6.07, 6.45) is -4.52. The van der Waals surface area contributed by atoms with Crippen molar-refractivity contribution in [2.24, 2.45) is 11.1 Å². The first-order valence-electron chi connectivity index (χ1n) is 5.75. The molecule has 20 heavy (non-hydrogen) atoms. The smallest absolute Gasteiger partial charge is 0.416 e. The Morgan fingerprint density at radius 2 is 1.85 bits per heavy atom. The molecular weight excluding hydrogens is 295 g/mol. The van der Waals surface area contributed by atoms with Crippen LogP contribution in [0.25, 0.3) is 0 Å². The normalized spacial score (nSPS) is 13.6. The van der Waals surface area contributed by atoms with E-state index in [4.69, 9.17) is 10.5 Å². The number of aliphatic hydroxyl groups excluding tert-OH is 1. The fourth-order valence-corrected chi connectivity index (χ4v) is 1.70. The monoisotopic (exact) mass is 313 g/mol. The van der Waals surface area contributed by atoms with E-state index in [1.807, 2.05) is 0 Å². The second-order valence-electron chi connectivity index (χ2n) is 5.08. The third-order valence-electron chi connectivity index (χ3n) is 3.15. The zero-order valence-electron chi connectivity index (χ0n) is 11.5. The lowest BCUT2D eigenvalue weighted by molar-refractivity contribution is -0.138. The molecule has 1 aromatic rings. The largest absolute Gasteiger partial charge is 0.497 e. The van der Waals surface area contributed by atoms with Crippen molar-refractivity contribution in [1.29, 1.82) is 0 Å². The maximum atomic E-state index is 13.0. The van der Waals surface area contributed by atoms with Crippen LogP contribution in [-0.2, 0) is 6.18 Å². The average Bonchev–Trinajstić information content (AvgIpc) is 2.36. The van der Waals surface area contributed by atoms with Crippen molar-refractivity contribution < 1.29 is 23.0 Å². The van der Waals surface area contributed by atoms with Crippen molar-refractivity contribution in [3.63, 3.8) is 0 Å². The van der Waals surface area contributed by atoms with Crippen molar-refractivity contribution in [2.45, 2.75) is 26.1 Å². The predicted octanol–water partition coefficient (Wildman–Crippen LogP) is 3.15. The van der Waals surface area contributed by atoms with Crippen LogP contribution >= 0.6 is 12.4 Å². The van der Waals surface area contributed by atoms with E-state index in [9.17, 15) is 18.3 Å². The quantitative estimate of drug-likeness (QED) is 0.898. The van der Waals surface area contributed by atoms with Gasteiger partial charge in [-0.05, 0) is 17.7 Å². The van der Waals surface area contributed by atoms with E-state index in [0.29, 0.717) is 0 Å². The summed E-state index contributed by atoms with van der Waals surface area (Å²) in [7, 11) is 1.30. The van der Waals surface area contributed by atoms with Gasteiger partial charge in [0.2, 0.25) is 0 Å². The highest BCUT2D eigenvalue weighted by Gasteiger charge is 2.38. The molecule has 0 aliphatic rings. The van der Waals surface area contributed by atoms with Gasteiger partial charge in [0.15, 0.2) is 0 Å². The van der Waals surface area contributed by atoms with Crippen molar-refractivity contribution in [3.8, 4) is 5.75 Å². The molecule has 0 bridgehead atoms. The SMILES string of the molecule is COc1ccc([C@H](N)C(C)(C)CO)c(C(F)(F)F)c1.Cl. The number of ether oxygens (including phenoxy) is 1. The molecule has 7 heteroatoms. The Kier molecular flexibility index (Phi) is 6.32. The van der Waals surface area contributed by atoms with Crippen LogP contribution in [0.5, 0.6) is 5.75 Å². The molecule has 0 aromatic heterocycles. The van der Waals surface area contributed by atoms with Crippen LogP contribution in [0.15, 0.2) is 18.2 Å². The molecular formula is C13H19ClF3NO2. The molecule has 1 aromatic carbocycles. The van der Waals surface area contributed by atoms with E-state index in [0.717, 1.165) is 6.07 Å². The van der Waals surface area contributed by atoms with Gasteiger partial charge >= 0.3 is 6.18 Å². The maximum absolute atomic E-state index is 13.0. The average molecular weight is 314 g/mol. The number of nitrogens with two attached hydrogens (primary N) is 1. The zero-order valence-corrected chi connectivity index (χ0v) is 12.3. The number of rotatable bonds is 4. The van der Waals surface area contributed by atoms with Crippen LogP contribution in [0.1, 0.15) is 31.0 Å². The molecule has 0 heterocycles. The van der Waals surface area contributed by atoms with Gasteiger partial charge in [-0.25, -0.2) is 0 Å². The first-order valence-corrected chi connectivity index (χ1v) is 5.75. The zero-order chi connectivity index (χ0) is 14.8. The van der Waals surface area contributed by atoms with Gasteiger partial charge in [-0.3, -0.25) is 0 Å². The highest BCUT2D eigenvalue weighted by molar-refractivity contribution is 5.85. The van der Waals surface area contributed by atoms with Crippen LogP contribution < -0.4 is 10.5 Å². The molecule has 0 aliphatic heterocycles. The van der Waals surface area contributed by atoms with Gasteiger partial charge in [0.1, 0.15) is 5.75 Å². The maximum Gasteiger partial charge on any atom is 0.416 e. The van der Waals surface area contributed by atoms with Crippen LogP contribution in [-0.4, -0.2) is 18.8 Å². The first kappa shape index (κ1) is 19.0. The van der Waals surface area contributed by atoms with Gasteiger partial charge in [0.05, 0.1) is 12.7 Å². The van der Waals surface area contributed by atoms with E-state index in [-0.39, 0.29) is 30.3 Å².